The third-order valence-electron chi connectivity index (χ3n) is 3.58. The summed E-state index contributed by atoms with van der Waals surface area (Å²) < 4.78 is 24.1. The molecular weight excluding hydrogens is 340 g/mol. The highest BCUT2D eigenvalue weighted by Crippen LogP contribution is 2.16. The molecular formula is C18H20N2O4S. The Balaban J connectivity index is 1.93. The van der Waals surface area contributed by atoms with E-state index in [0.717, 1.165) is 0 Å². The molecule has 2 rings (SSSR count). The monoisotopic (exact) mass is 360 g/mol. The fraction of sp³-hybridized carbons (Fsp3) is 0.222. The molecule has 7 heteroatoms. The average Bonchev–Trinajstić information content (AvgIpc) is 2.65. The molecule has 0 atom stereocenters. The summed E-state index contributed by atoms with van der Waals surface area (Å²) in [6, 6.07) is 14.8. The standard InChI is InChI=1S/C18H20N2O4S/c1-2-25(23,24)16-11-7-6-10-15(16)18(22)20-13-12-19-17(21)14-8-4-3-5-9-14/h3-11H,2,12-13H2,1H3,(H,19,21)(H,20,22). The van der Waals surface area contributed by atoms with E-state index in [0.29, 0.717) is 5.56 Å². The summed E-state index contributed by atoms with van der Waals surface area (Å²) >= 11 is 0. The fourth-order valence-electron chi connectivity index (χ4n) is 2.22. The van der Waals surface area contributed by atoms with Gasteiger partial charge in [0.1, 0.15) is 0 Å². The molecule has 0 unspecified atom stereocenters. The zero-order valence-electron chi connectivity index (χ0n) is 13.9. The molecule has 0 spiro atoms. The summed E-state index contributed by atoms with van der Waals surface area (Å²) in [5.74, 6) is -0.796. The summed E-state index contributed by atoms with van der Waals surface area (Å²) in [5.41, 5.74) is 0.645. The van der Waals surface area contributed by atoms with Gasteiger partial charge >= 0.3 is 0 Å². The van der Waals surface area contributed by atoms with Gasteiger partial charge in [0, 0.05) is 18.7 Å². The van der Waals surface area contributed by atoms with Crippen molar-refractivity contribution in [3.8, 4) is 0 Å². The highest BCUT2D eigenvalue weighted by molar-refractivity contribution is 7.91. The van der Waals surface area contributed by atoms with Gasteiger partial charge in [0.2, 0.25) is 0 Å². The lowest BCUT2D eigenvalue weighted by Crippen LogP contribution is -2.35. The molecule has 6 nitrogen and oxygen atoms in total. The van der Waals surface area contributed by atoms with Gasteiger partial charge in [0.05, 0.1) is 16.2 Å². The highest BCUT2D eigenvalue weighted by atomic mass is 32.2. The van der Waals surface area contributed by atoms with Crippen molar-refractivity contribution in [2.24, 2.45) is 0 Å². The maximum Gasteiger partial charge on any atom is 0.252 e. The van der Waals surface area contributed by atoms with Crippen molar-refractivity contribution in [3.63, 3.8) is 0 Å². The highest BCUT2D eigenvalue weighted by Gasteiger charge is 2.20. The number of rotatable bonds is 7. The third-order valence-corrected chi connectivity index (χ3v) is 5.37. The molecule has 0 aliphatic carbocycles. The first-order valence-electron chi connectivity index (χ1n) is 7.89. The molecule has 25 heavy (non-hydrogen) atoms. The number of hydrogen-bond donors (Lipinski definition) is 2. The number of carbonyl (C=O) groups is 2. The Labute approximate surface area is 147 Å². The largest absolute Gasteiger partial charge is 0.350 e. The number of carbonyl (C=O) groups excluding carboxylic acids is 2. The van der Waals surface area contributed by atoms with E-state index in [1.807, 2.05) is 6.07 Å². The maximum absolute atomic E-state index is 12.3. The van der Waals surface area contributed by atoms with Crippen LogP contribution in [-0.2, 0) is 9.84 Å². The number of hydrogen-bond acceptors (Lipinski definition) is 4. The Hall–Kier alpha value is -2.67. The van der Waals surface area contributed by atoms with Crippen LogP contribution in [0.1, 0.15) is 27.6 Å². The van der Waals surface area contributed by atoms with Crippen molar-refractivity contribution in [1.29, 1.82) is 0 Å². The molecule has 0 aromatic heterocycles. The third kappa shape index (κ3) is 4.90. The van der Waals surface area contributed by atoms with Gasteiger partial charge in [0.15, 0.2) is 9.84 Å². The van der Waals surface area contributed by atoms with Crippen LogP contribution < -0.4 is 10.6 Å². The predicted octanol–water partition coefficient (Wildman–Crippen LogP) is 1.64. The second kappa shape index (κ2) is 8.43. The van der Waals surface area contributed by atoms with Crippen molar-refractivity contribution in [3.05, 3.63) is 65.7 Å². The van der Waals surface area contributed by atoms with Crippen LogP contribution >= 0.6 is 0 Å². The van der Waals surface area contributed by atoms with Gasteiger partial charge in [-0.05, 0) is 24.3 Å². The first kappa shape index (κ1) is 18.7. The predicted molar refractivity (Wildman–Crippen MR) is 95.3 cm³/mol. The van der Waals surface area contributed by atoms with Gasteiger partial charge in [-0.15, -0.1) is 0 Å². The Morgan fingerprint density at radius 2 is 1.40 bits per heavy atom. The minimum Gasteiger partial charge on any atom is -0.350 e. The lowest BCUT2D eigenvalue weighted by atomic mass is 10.2. The van der Waals surface area contributed by atoms with Crippen LogP contribution in [0.25, 0.3) is 0 Å². The topological polar surface area (TPSA) is 92.3 Å². The molecule has 0 fully saturated rings. The number of nitrogens with one attached hydrogen (secondary N) is 2. The molecule has 0 bridgehead atoms. The van der Waals surface area contributed by atoms with Gasteiger partial charge in [0.25, 0.3) is 11.8 Å². The summed E-state index contributed by atoms with van der Waals surface area (Å²) in [5, 5.41) is 5.31. The van der Waals surface area contributed by atoms with E-state index >= 15 is 0 Å². The molecule has 132 valence electrons. The van der Waals surface area contributed by atoms with E-state index in [1.165, 1.54) is 19.1 Å². The van der Waals surface area contributed by atoms with Gasteiger partial charge in [-0.1, -0.05) is 37.3 Å². The lowest BCUT2D eigenvalue weighted by molar-refractivity contribution is 0.0926. The van der Waals surface area contributed by atoms with Gasteiger partial charge in [-0.3, -0.25) is 9.59 Å². The summed E-state index contributed by atoms with van der Waals surface area (Å²) in [7, 11) is -3.48. The summed E-state index contributed by atoms with van der Waals surface area (Å²) in [4.78, 5) is 24.2. The molecule has 0 heterocycles. The van der Waals surface area contributed by atoms with E-state index in [1.54, 1.807) is 36.4 Å². The molecule has 2 amide bonds. The second-order valence-electron chi connectivity index (χ2n) is 5.28. The second-order valence-corrected chi connectivity index (χ2v) is 7.52. The number of benzene rings is 2. The van der Waals surface area contributed by atoms with E-state index in [9.17, 15) is 18.0 Å². The smallest absolute Gasteiger partial charge is 0.252 e. The van der Waals surface area contributed by atoms with E-state index in [4.69, 9.17) is 0 Å². The van der Waals surface area contributed by atoms with Gasteiger partial charge < -0.3 is 10.6 Å². The quantitative estimate of drug-likeness (QED) is 0.734. The zero-order chi connectivity index (χ0) is 18.3. The Bertz CT molecular complexity index is 848. The fourth-order valence-corrected chi connectivity index (χ4v) is 3.31. The van der Waals surface area contributed by atoms with Crippen molar-refractivity contribution in [1.82, 2.24) is 10.6 Å². The Morgan fingerprint density at radius 1 is 0.840 bits per heavy atom. The van der Waals surface area contributed by atoms with Crippen LogP contribution in [0.2, 0.25) is 0 Å². The summed E-state index contributed by atoms with van der Waals surface area (Å²) in [6.45, 7) is 1.96. The molecule has 0 saturated carbocycles. The Kier molecular flexibility index (Phi) is 6.30. The van der Waals surface area contributed by atoms with E-state index < -0.39 is 15.7 Å². The SMILES string of the molecule is CCS(=O)(=O)c1ccccc1C(=O)NCCNC(=O)c1ccccc1. The average molecular weight is 360 g/mol. The van der Waals surface area contributed by atoms with Crippen LogP contribution in [0.3, 0.4) is 0 Å². The molecule has 0 radical (unpaired) electrons. The zero-order valence-corrected chi connectivity index (χ0v) is 14.7. The molecule has 2 N–H and O–H groups in total. The Morgan fingerprint density at radius 3 is 2.04 bits per heavy atom. The van der Waals surface area contributed by atoms with Crippen LogP contribution in [0.5, 0.6) is 0 Å². The first-order chi connectivity index (χ1) is 12.0. The molecule has 0 aliphatic heterocycles. The normalized spacial score (nSPS) is 10.9. The van der Waals surface area contributed by atoms with Gasteiger partial charge in [-0.2, -0.15) is 0 Å². The van der Waals surface area contributed by atoms with Crippen molar-refractivity contribution < 1.29 is 18.0 Å². The molecule has 0 aliphatic rings. The minimum atomic E-state index is -3.48. The molecule has 2 aromatic rings. The van der Waals surface area contributed by atoms with Crippen molar-refractivity contribution in [2.75, 3.05) is 18.8 Å². The van der Waals surface area contributed by atoms with Crippen LogP contribution in [0.4, 0.5) is 0 Å². The number of sulfone groups is 1. The molecule has 2 aromatic carbocycles. The van der Waals surface area contributed by atoms with E-state index in [-0.39, 0.29) is 35.2 Å². The van der Waals surface area contributed by atoms with Crippen molar-refractivity contribution >= 4 is 21.7 Å². The van der Waals surface area contributed by atoms with Crippen LogP contribution in [0, 0.1) is 0 Å². The molecule has 0 saturated heterocycles. The van der Waals surface area contributed by atoms with Gasteiger partial charge in [-0.25, -0.2) is 8.42 Å². The van der Waals surface area contributed by atoms with Crippen molar-refractivity contribution in [2.45, 2.75) is 11.8 Å². The minimum absolute atomic E-state index is 0.0170. The first-order valence-corrected chi connectivity index (χ1v) is 9.54. The number of amides is 2. The maximum atomic E-state index is 12.3. The lowest BCUT2D eigenvalue weighted by Gasteiger charge is -2.10. The van der Waals surface area contributed by atoms with Crippen LogP contribution in [0.15, 0.2) is 59.5 Å². The van der Waals surface area contributed by atoms with E-state index in [2.05, 4.69) is 10.6 Å². The van der Waals surface area contributed by atoms with Crippen LogP contribution in [-0.4, -0.2) is 39.1 Å². The summed E-state index contributed by atoms with van der Waals surface area (Å²) in [6.07, 6.45) is 0.